The molecule has 2 heterocycles. The molecule has 28 heavy (non-hydrogen) atoms. The Labute approximate surface area is 166 Å². The predicted octanol–water partition coefficient (Wildman–Crippen LogP) is 3.99. The normalized spacial score (nSPS) is 29.3. The van der Waals surface area contributed by atoms with E-state index in [2.05, 4.69) is 36.8 Å². The minimum Gasteiger partial charge on any atom is -0.493 e. The van der Waals surface area contributed by atoms with Crippen molar-refractivity contribution in [1.82, 2.24) is 9.80 Å². The van der Waals surface area contributed by atoms with Crippen LogP contribution in [-0.4, -0.2) is 62.2 Å². The van der Waals surface area contributed by atoms with Gasteiger partial charge in [0.2, 0.25) is 0 Å². The molecule has 0 aromatic heterocycles. The molecule has 0 radical (unpaired) electrons. The first kappa shape index (κ1) is 19.9. The van der Waals surface area contributed by atoms with E-state index in [-0.39, 0.29) is 13.0 Å². The van der Waals surface area contributed by atoms with Gasteiger partial charge >= 0.3 is 0 Å². The number of hydrogen-bond donors (Lipinski definition) is 0. The number of nitrogens with zero attached hydrogens (tertiary/aromatic N) is 2. The number of fused-ring (bicyclic) bond motifs is 3. The first-order chi connectivity index (χ1) is 13.3. The molecule has 0 N–H and O–H groups in total. The first-order valence-electron chi connectivity index (χ1n) is 10.4. The van der Waals surface area contributed by atoms with Crippen molar-refractivity contribution in [3.63, 3.8) is 0 Å². The molecule has 1 unspecified atom stereocenters. The second-order valence-electron chi connectivity index (χ2n) is 9.16. The third kappa shape index (κ3) is 3.86. The van der Waals surface area contributed by atoms with E-state index in [0.717, 1.165) is 26.1 Å². The number of piperazine rings is 1. The van der Waals surface area contributed by atoms with Gasteiger partial charge in [0, 0.05) is 38.1 Å². The highest BCUT2D eigenvalue weighted by Gasteiger charge is 2.57. The van der Waals surface area contributed by atoms with Crippen LogP contribution in [0.2, 0.25) is 0 Å². The molecule has 156 valence electrons. The smallest absolute Gasteiger partial charge is 0.255 e. The van der Waals surface area contributed by atoms with Crippen molar-refractivity contribution in [3.05, 3.63) is 23.3 Å². The summed E-state index contributed by atoms with van der Waals surface area (Å²) in [4.78, 5) is 5.09. The number of benzene rings is 1. The molecular weight excluding hydrogens is 362 g/mol. The van der Waals surface area contributed by atoms with E-state index in [1.54, 1.807) is 7.11 Å². The van der Waals surface area contributed by atoms with Crippen LogP contribution in [0, 0.1) is 11.8 Å². The predicted molar refractivity (Wildman–Crippen MR) is 105 cm³/mol. The summed E-state index contributed by atoms with van der Waals surface area (Å²) in [5.41, 5.74) is 2.55. The number of halogens is 2. The lowest BCUT2D eigenvalue weighted by molar-refractivity contribution is 0.0294. The molecule has 4 rings (SSSR count). The van der Waals surface area contributed by atoms with Crippen LogP contribution in [0.5, 0.6) is 11.5 Å². The second-order valence-corrected chi connectivity index (χ2v) is 9.16. The Kier molecular flexibility index (Phi) is 5.29. The molecule has 1 aromatic carbocycles. The van der Waals surface area contributed by atoms with Gasteiger partial charge in [0.05, 0.1) is 19.6 Å². The zero-order valence-corrected chi connectivity index (χ0v) is 17.4. The summed E-state index contributed by atoms with van der Waals surface area (Å²) in [6, 6.07) is 5.05. The molecule has 3 aliphatic rings. The highest BCUT2D eigenvalue weighted by molar-refractivity contribution is 5.50. The van der Waals surface area contributed by atoms with Gasteiger partial charge in [-0.3, -0.25) is 4.90 Å². The van der Waals surface area contributed by atoms with Crippen LogP contribution in [-0.2, 0) is 6.42 Å². The summed E-state index contributed by atoms with van der Waals surface area (Å²) in [5, 5.41) is 0. The van der Waals surface area contributed by atoms with Crippen LogP contribution in [0.25, 0.3) is 0 Å². The third-order valence-electron chi connectivity index (χ3n) is 6.56. The fraction of sp³-hybridized carbons (Fsp3) is 0.727. The Bertz CT molecular complexity index is 725. The molecule has 1 aromatic rings. The number of methoxy groups -OCH3 is 1. The molecule has 0 spiro atoms. The van der Waals surface area contributed by atoms with E-state index >= 15 is 0 Å². The lowest BCUT2D eigenvalue weighted by atomic mass is 9.88. The lowest BCUT2D eigenvalue weighted by Gasteiger charge is -2.48. The van der Waals surface area contributed by atoms with Gasteiger partial charge < -0.3 is 14.4 Å². The van der Waals surface area contributed by atoms with E-state index < -0.39 is 11.8 Å². The quantitative estimate of drug-likeness (QED) is 0.728. The zero-order valence-electron chi connectivity index (χ0n) is 17.4. The van der Waals surface area contributed by atoms with E-state index in [0.29, 0.717) is 29.5 Å². The van der Waals surface area contributed by atoms with Crippen molar-refractivity contribution < 1.29 is 18.3 Å². The Hall–Kier alpha value is -1.40. The van der Waals surface area contributed by atoms with Crippen LogP contribution in [0.3, 0.4) is 0 Å². The largest absolute Gasteiger partial charge is 0.493 e. The molecule has 0 amide bonds. The average molecular weight is 395 g/mol. The molecule has 1 saturated heterocycles. The summed E-state index contributed by atoms with van der Waals surface area (Å²) >= 11 is 0. The minimum atomic E-state index is -2.55. The van der Waals surface area contributed by atoms with Crippen LogP contribution in [0.1, 0.15) is 43.9 Å². The minimum absolute atomic E-state index is 0.0529. The molecular formula is C22H32F2N2O2. The van der Waals surface area contributed by atoms with Crippen molar-refractivity contribution in [2.75, 3.05) is 40.4 Å². The maximum absolute atomic E-state index is 13.2. The van der Waals surface area contributed by atoms with E-state index in [1.165, 1.54) is 17.5 Å². The molecule has 6 heteroatoms. The van der Waals surface area contributed by atoms with Crippen LogP contribution >= 0.6 is 0 Å². The average Bonchev–Trinajstić information content (AvgIpc) is 3.26. The Morgan fingerprint density at radius 2 is 1.96 bits per heavy atom. The SMILES string of the molecule is COc1cc2c(cc1OCC1CC1(F)F)CCN1C[C@@H](CC(C)C)N(C)C[C@H]21. The van der Waals surface area contributed by atoms with Crippen LogP contribution < -0.4 is 9.47 Å². The van der Waals surface area contributed by atoms with Gasteiger partial charge in [-0.2, -0.15) is 0 Å². The van der Waals surface area contributed by atoms with Gasteiger partial charge in [0.25, 0.3) is 5.92 Å². The second kappa shape index (κ2) is 7.45. The van der Waals surface area contributed by atoms with Crippen molar-refractivity contribution in [1.29, 1.82) is 0 Å². The number of hydrogen-bond acceptors (Lipinski definition) is 4. The Morgan fingerprint density at radius 3 is 2.61 bits per heavy atom. The van der Waals surface area contributed by atoms with Gasteiger partial charge in [0.15, 0.2) is 11.5 Å². The van der Waals surface area contributed by atoms with Gasteiger partial charge in [-0.1, -0.05) is 13.8 Å². The number of rotatable bonds is 6. The molecule has 1 saturated carbocycles. The molecule has 2 fully saturated rings. The molecule has 1 aliphatic carbocycles. The van der Waals surface area contributed by atoms with Gasteiger partial charge in [-0.25, -0.2) is 8.78 Å². The number of likely N-dealkylation sites (N-methyl/N-ethyl adjacent to an activating group) is 1. The molecule has 4 nitrogen and oxygen atoms in total. The summed E-state index contributed by atoms with van der Waals surface area (Å²) in [6.07, 6.45) is 2.11. The maximum Gasteiger partial charge on any atom is 0.255 e. The van der Waals surface area contributed by atoms with E-state index in [1.807, 2.05) is 6.07 Å². The Morgan fingerprint density at radius 1 is 1.21 bits per heavy atom. The van der Waals surface area contributed by atoms with Crippen molar-refractivity contribution in [3.8, 4) is 11.5 Å². The van der Waals surface area contributed by atoms with Crippen LogP contribution in [0.15, 0.2) is 12.1 Å². The van der Waals surface area contributed by atoms with E-state index in [9.17, 15) is 8.78 Å². The molecule has 3 atom stereocenters. The van der Waals surface area contributed by atoms with Crippen molar-refractivity contribution in [2.24, 2.45) is 11.8 Å². The standard InChI is InChI=1S/C22H32F2N2O2/c1-14(2)7-17-11-26-6-5-15-8-21(28-13-16-10-22(16,23)24)20(27-4)9-18(15)19(26)12-25(17)3/h8-9,14,16-17,19H,5-7,10-13H2,1-4H3/t16?,17-,19-/m1/s1. The monoisotopic (exact) mass is 394 g/mol. The van der Waals surface area contributed by atoms with Crippen LogP contribution in [0.4, 0.5) is 8.78 Å². The lowest BCUT2D eigenvalue weighted by Crippen LogP contribution is -2.55. The van der Waals surface area contributed by atoms with Gasteiger partial charge in [-0.05, 0) is 49.1 Å². The zero-order chi connectivity index (χ0) is 20.1. The third-order valence-corrected chi connectivity index (χ3v) is 6.56. The highest BCUT2D eigenvalue weighted by Crippen LogP contribution is 2.49. The number of ether oxygens (including phenoxy) is 2. The van der Waals surface area contributed by atoms with Crippen molar-refractivity contribution in [2.45, 2.75) is 51.1 Å². The molecule has 0 bridgehead atoms. The fourth-order valence-corrected chi connectivity index (χ4v) is 4.74. The van der Waals surface area contributed by atoms with Gasteiger partial charge in [0.1, 0.15) is 0 Å². The highest BCUT2D eigenvalue weighted by atomic mass is 19.3. The van der Waals surface area contributed by atoms with Crippen molar-refractivity contribution >= 4 is 0 Å². The maximum atomic E-state index is 13.2. The summed E-state index contributed by atoms with van der Waals surface area (Å²) < 4.78 is 37.6. The topological polar surface area (TPSA) is 24.9 Å². The van der Waals surface area contributed by atoms with E-state index in [4.69, 9.17) is 9.47 Å². The molecule has 2 aliphatic heterocycles. The summed E-state index contributed by atoms with van der Waals surface area (Å²) in [6.45, 7) is 7.76. The summed E-state index contributed by atoms with van der Waals surface area (Å²) in [5.74, 6) is -1.27. The number of alkyl halides is 2. The summed E-state index contributed by atoms with van der Waals surface area (Å²) in [7, 11) is 3.84. The van der Waals surface area contributed by atoms with Gasteiger partial charge in [-0.15, -0.1) is 0 Å². The Balaban J connectivity index is 1.52. The fourth-order valence-electron chi connectivity index (χ4n) is 4.74. The first-order valence-corrected chi connectivity index (χ1v) is 10.4.